The van der Waals surface area contributed by atoms with Crippen LogP contribution in [0.5, 0.6) is 0 Å². The zero-order valence-electron chi connectivity index (χ0n) is 19.5. The van der Waals surface area contributed by atoms with Crippen LogP contribution in [0.3, 0.4) is 0 Å². The molecule has 7 nitrogen and oxygen atoms in total. The van der Waals surface area contributed by atoms with Gasteiger partial charge in [-0.15, -0.1) is 0 Å². The molecule has 0 saturated carbocycles. The molecule has 176 valence electrons. The summed E-state index contributed by atoms with van der Waals surface area (Å²) in [5.74, 6) is 0.613. The summed E-state index contributed by atoms with van der Waals surface area (Å²) in [6, 6.07) is 15.9. The zero-order chi connectivity index (χ0) is 24.3. The third-order valence-corrected chi connectivity index (χ3v) is 7.00. The number of hydrogen-bond acceptors (Lipinski definition) is 6. The largest absolute Gasteiger partial charge is 0.478 e. The molecule has 2 unspecified atom stereocenters. The van der Waals surface area contributed by atoms with Crippen LogP contribution in [0.15, 0.2) is 59.1 Å². The molecule has 35 heavy (non-hydrogen) atoms. The minimum atomic E-state index is -0.982. The van der Waals surface area contributed by atoms with Crippen molar-refractivity contribution in [3.05, 3.63) is 71.3 Å². The summed E-state index contributed by atoms with van der Waals surface area (Å²) in [6.45, 7) is 6.32. The number of nitrogens with one attached hydrogen (secondary N) is 1. The van der Waals surface area contributed by atoms with E-state index < -0.39 is 5.97 Å². The average Bonchev–Trinajstić information content (AvgIpc) is 3.28. The number of benzene rings is 3. The highest BCUT2D eigenvalue weighted by atomic mass is 16.5. The molecule has 6 rings (SSSR count). The van der Waals surface area contributed by atoms with Gasteiger partial charge in [0.05, 0.1) is 27.9 Å². The van der Waals surface area contributed by atoms with E-state index >= 15 is 0 Å². The molecule has 0 bridgehead atoms. The Morgan fingerprint density at radius 2 is 1.74 bits per heavy atom. The number of nitrogens with zero attached hydrogens (tertiary/aromatic N) is 2. The van der Waals surface area contributed by atoms with Crippen molar-refractivity contribution < 1.29 is 19.2 Å². The first kappa shape index (κ1) is 21.4. The van der Waals surface area contributed by atoms with Crippen LogP contribution in [0, 0.1) is 11.8 Å². The van der Waals surface area contributed by atoms with Crippen LogP contribution in [0.2, 0.25) is 0 Å². The number of fused-ring (bicyclic) bond motifs is 2. The smallest absolute Gasteiger partial charge is 0.335 e. The number of carboxylic acid groups (broad SMARTS) is 1. The van der Waals surface area contributed by atoms with E-state index in [9.17, 15) is 14.7 Å². The Morgan fingerprint density at radius 3 is 2.43 bits per heavy atom. The maximum Gasteiger partial charge on any atom is 0.335 e. The zero-order valence-corrected chi connectivity index (χ0v) is 19.5. The third-order valence-electron chi connectivity index (χ3n) is 7.00. The Kier molecular flexibility index (Phi) is 4.88. The highest BCUT2D eigenvalue weighted by molar-refractivity contribution is 6.28. The topological polar surface area (TPSA) is 95.7 Å². The fourth-order valence-corrected chi connectivity index (χ4v) is 5.59. The molecule has 0 spiro atoms. The first-order valence-corrected chi connectivity index (χ1v) is 11.9. The van der Waals surface area contributed by atoms with Crippen LogP contribution in [0.1, 0.15) is 46.5 Å². The summed E-state index contributed by atoms with van der Waals surface area (Å²) in [5, 5.41) is 17.8. The molecule has 1 saturated heterocycles. The minimum absolute atomic E-state index is 0.0853. The van der Waals surface area contributed by atoms with E-state index in [1.165, 1.54) is 6.42 Å². The van der Waals surface area contributed by atoms with E-state index in [4.69, 9.17) is 4.52 Å². The summed E-state index contributed by atoms with van der Waals surface area (Å²) in [7, 11) is 0. The van der Waals surface area contributed by atoms with Crippen molar-refractivity contribution in [2.24, 2.45) is 11.8 Å². The first-order chi connectivity index (χ1) is 16.9. The fraction of sp³-hybridized carbons (Fsp3) is 0.250. The molecule has 7 heteroatoms. The Morgan fingerprint density at radius 1 is 1.06 bits per heavy atom. The molecule has 2 heterocycles. The molecule has 0 amide bonds. The number of aromatic nitrogens is 1. The van der Waals surface area contributed by atoms with Crippen LogP contribution in [0.4, 0.5) is 17.1 Å². The van der Waals surface area contributed by atoms with Crippen LogP contribution in [0.25, 0.3) is 22.2 Å². The van der Waals surface area contributed by atoms with Gasteiger partial charge in [0.1, 0.15) is 5.52 Å². The van der Waals surface area contributed by atoms with Gasteiger partial charge in [-0.25, -0.2) is 4.79 Å². The SMILES string of the molecule is CC1CC(C)CN(c2cc(Nc3ccc(C(=O)O)cc3)c3c4c(onc24)-c2ccccc2C3=O)C1. The molecule has 1 aliphatic heterocycles. The summed E-state index contributed by atoms with van der Waals surface area (Å²) < 4.78 is 5.88. The second kappa shape index (κ2) is 7.98. The van der Waals surface area contributed by atoms with Crippen molar-refractivity contribution in [2.45, 2.75) is 20.3 Å². The molecule has 2 aliphatic rings. The van der Waals surface area contributed by atoms with Gasteiger partial charge in [0.2, 0.25) is 0 Å². The van der Waals surface area contributed by atoms with E-state index in [1.54, 1.807) is 24.3 Å². The van der Waals surface area contributed by atoms with E-state index in [2.05, 4.69) is 29.2 Å². The molecule has 1 aromatic heterocycles. The molecule has 2 atom stereocenters. The van der Waals surface area contributed by atoms with Gasteiger partial charge in [0, 0.05) is 29.9 Å². The predicted octanol–water partition coefficient (Wildman–Crippen LogP) is 5.96. The lowest BCUT2D eigenvalue weighted by Crippen LogP contribution is -2.39. The van der Waals surface area contributed by atoms with Crippen molar-refractivity contribution in [3.63, 3.8) is 0 Å². The fourth-order valence-electron chi connectivity index (χ4n) is 5.59. The van der Waals surface area contributed by atoms with Gasteiger partial charge in [-0.1, -0.05) is 43.3 Å². The number of piperidine rings is 1. The van der Waals surface area contributed by atoms with E-state index in [0.717, 1.165) is 29.7 Å². The molecule has 0 radical (unpaired) electrons. The molecular formula is C28H25N3O4. The van der Waals surface area contributed by atoms with Crippen molar-refractivity contribution in [1.29, 1.82) is 0 Å². The van der Waals surface area contributed by atoms with Crippen LogP contribution in [-0.2, 0) is 0 Å². The molecule has 1 fully saturated rings. The molecule has 3 aromatic carbocycles. The van der Waals surface area contributed by atoms with Crippen LogP contribution in [-0.4, -0.2) is 35.1 Å². The van der Waals surface area contributed by atoms with Gasteiger partial charge < -0.3 is 19.8 Å². The van der Waals surface area contributed by atoms with Crippen LogP contribution >= 0.6 is 0 Å². The summed E-state index contributed by atoms with van der Waals surface area (Å²) >= 11 is 0. The lowest BCUT2D eigenvalue weighted by atomic mass is 9.85. The van der Waals surface area contributed by atoms with E-state index in [1.807, 2.05) is 30.3 Å². The maximum absolute atomic E-state index is 13.7. The predicted molar refractivity (Wildman–Crippen MR) is 135 cm³/mol. The minimum Gasteiger partial charge on any atom is -0.478 e. The van der Waals surface area contributed by atoms with Gasteiger partial charge in [0.15, 0.2) is 11.5 Å². The first-order valence-electron chi connectivity index (χ1n) is 11.9. The molecule has 2 N–H and O–H groups in total. The monoisotopic (exact) mass is 467 g/mol. The highest BCUT2D eigenvalue weighted by Gasteiger charge is 2.34. The quantitative estimate of drug-likeness (QED) is 0.336. The number of hydrogen-bond donors (Lipinski definition) is 2. The lowest BCUT2D eigenvalue weighted by molar-refractivity contribution is 0.0696. The van der Waals surface area contributed by atoms with Crippen molar-refractivity contribution in [2.75, 3.05) is 23.3 Å². The Labute approximate surface area is 202 Å². The number of rotatable bonds is 4. The Bertz CT molecular complexity index is 1480. The number of carbonyl (C=O) groups excluding carboxylic acids is 1. The maximum atomic E-state index is 13.7. The number of carboxylic acids is 1. The number of ketones is 1. The van der Waals surface area contributed by atoms with Gasteiger partial charge in [0.25, 0.3) is 0 Å². The Hall–Kier alpha value is -4.13. The van der Waals surface area contributed by atoms with E-state index in [0.29, 0.717) is 45.6 Å². The third kappa shape index (κ3) is 3.46. The van der Waals surface area contributed by atoms with Crippen molar-refractivity contribution in [1.82, 2.24) is 5.16 Å². The van der Waals surface area contributed by atoms with Gasteiger partial charge >= 0.3 is 5.97 Å². The van der Waals surface area contributed by atoms with Crippen molar-refractivity contribution >= 4 is 39.7 Å². The number of anilines is 3. The van der Waals surface area contributed by atoms with Crippen molar-refractivity contribution in [3.8, 4) is 11.3 Å². The summed E-state index contributed by atoms with van der Waals surface area (Å²) in [6.07, 6.45) is 1.18. The molecule has 4 aromatic rings. The lowest BCUT2D eigenvalue weighted by Gasteiger charge is -2.37. The van der Waals surface area contributed by atoms with Gasteiger partial charge in [-0.3, -0.25) is 4.79 Å². The molecular weight excluding hydrogens is 442 g/mol. The highest BCUT2D eigenvalue weighted by Crippen LogP contribution is 2.47. The Balaban J connectivity index is 1.56. The second-order valence-electron chi connectivity index (χ2n) is 9.79. The average molecular weight is 468 g/mol. The van der Waals surface area contributed by atoms with Gasteiger partial charge in [-0.05, 0) is 48.6 Å². The number of carbonyl (C=O) groups is 2. The van der Waals surface area contributed by atoms with E-state index in [-0.39, 0.29) is 11.3 Å². The summed E-state index contributed by atoms with van der Waals surface area (Å²) in [4.78, 5) is 27.4. The number of aromatic carboxylic acids is 1. The van der Waals surface area contributed by atoms with Crippen LogP contribution < -0.4 is 10.2 Å². The molecule has 1 aliphatic carbocycles. The second-order valence-corrected chi connectivity index (χ2v) is 9.79. The normalized spacial score (nSPS) is 19.0. The van der Waals surface area contributed by atoms with Gasteiger partial charge in [-0.2, -0.15) is 0 Å². The summed E-state index contributed by atoms with van der Waals surface area (Å²) in [5.41, 5.74) is 5.05. The standard InChI is InChI=1S/C28H25N3O4/c1-15-11-16(2)14-31(13-15)22-12-21(29-18-9-7-17(8-10-18)28(33)34)23-24-25(22)30-35-27(24)20-6-4-3-5-19(20)26(23)32/h3-10,12,15-16,29H,11,13-14H2,1-2H3,(H,33,34).